The minimum absolute atomic E-state index is 0.439. The maximum Gasteiger partial charge on any atom is 0.188 e. The number of nitriles is 1. The number of furan rings is 1. The Morgan fingerprint density at radius 1 is 0.605 bits per heavy atom. The molecular formula is C38H20N4O. The van der Waals surface area contributed by atoms with E-state index in [1.54, 1.807) is 12.1 Å². The van der Waals surface area contributed by atoms with Crippen molar-refractivity contribution in [2.45, 2.75) is 0 Å². The Labute approximate surface area is 245 Å². The predicted molar refractivity (Wildman–Crippen MR) is 173 cm³/mol. The molecule has 0 atom stereocenters. The largest absolute Gasteiger partial charge is 0.455 e. The number of benzene rings is 6. The standard InChI is InChI=1S/C38H20N4O/c1-40-24-14-17-31(23(20-24)22-39)42-34-18-15-25(41-32-11-5-2-8-26(32)27-9-3-6-12-33(27)41)21-30(34)37-35(42)19-16-29-28-10-4-7-13-36(28)43-38(29)37/h2-21H. The normalized spacial score (nSPS) is 11.7. The third-order valence-electron chi connectivity index (χ3n) is 8.57. The van der Waals surface area contributed by atoms with Crippen molar-refractivity contribution in [2.24, 2.45) is 0 Å². The highest BCUT2D eigenvalue weighted by Crippen LogP contribution is 2.42. The van der Waals surface area contributed by atoms with Crippen LogP contribution in [-0.4, -0.2) is 9.13 Å². The molecule has 0 saturated carbocycles. The predicted octanol–water partition coefficient (Wildman–Crippen LogP) is 10.2. The van der Waals surface area contributed by atoms with Crippen LogP contribution in [0, 0.1) is 17.9 Å². The van der Waals surface area contributed by atoms with Crippen molar-refractivity contribution >= 4 is 71.2 Å². The van der Waals surface area contributed by atoms with E-state index in [-0.39, 0.29) is 0 Å². The molecule has 0 amide bonds. The summed E-state index contributed by atoms with van der Waals surface area (Å²) in [5.41, 5.74) is 8.49. The van der Waals surface area contributed by atoms with Gasteiger partial charge in [-0.2, -0.15) is 5.26 Å². The molecule has 198 valence electrons. The number of hydrogen-bond acceptors (Lipinski definition) is 2. The topological polar surface area (TPSA) is 51.1 Å². The van der Waals surface area contributed by atoms with Gasteiger partial charge in [0, 0.05) is 32.6 Å². The van der Waals surface area contributed by atoms with Crippen LogP contribution >= 0.6 is 0 Å². The van der Waals surface area contributed by atoms with Gasteiger partial charge in [-0.25, -0.2) is 4.85 Å². The van der Waals surface area contributed by atoms with Crippen molar-refractivity contribution in [1.82, 2.24) is 9.13 Å². The zero-order chi connectivity index (χ0) is 28.7. The zero-order valence-corrected chi connectivity index (χ0v) is 22.7. The highest BCUT2D eigenvalue weighted by molar-refractivity contribution is 6.24. The minimum Gasteiger partial charge on any atom is -0.455 e. The second-order valence-corrected chi connectivity index (χ2v) is 10.8. The second kappa shape index (κ2) is 8.60. The third-order valence-corrected chi connectivity index (χ3v) is 8.57. The summed E-state index contributed by atoms with van der Waals surface area (Å²) >= 11 is 0. The van der Waals surface area contributed by atoms with E-state index in [4.69, 9.17) is 11.0 Å². The van der Waals surface area contributed by atoms with E-state index in [1.807, 2.05) is 24.3 Å². The molecule has 6 aromatic carbocycles. The Morgan fingerprint density at radius 2 is 1.28 bits per heavy atom. The fourth-order valence-corrected chi connectivity index (χ4v) is 6.75. The van der Waals surface area contributed by atoms with Gasteiger partial charge in [-0.05, 0) is 60.7 Å². The Kier molecular flexibility index (Phi) is 4.68. The van der Waals surface area contributed by atoms with Crippen LogP contribution in [0.3, 0.4) is 0 Å². The Balaban J connectivity index is 1.45. The number of para-hydroxylation sites is 3. The lowest BCUT2D eigenvalue weighted by Crippen LogP contribution is -1.98. The molecule has 0 aliphatic rings. The molecular weight excluding hydrogens is 528 g/mol. The molecule has 0 N–H and O–H groups in total. The number of fused-ring (bicyclic) bond motifs is 10. The number of aromatic nitrogens is 2. The molecule has 5 nitrogen and oxygen atoms in total. The van der Waals surface area contributed by atoms with E-state index >= 15 is 0 Å². The van der Waals surface area contributed by atoms with Crippen molar-refractivity contribution in [3.05, 3.63) is 138 Å². The van der Waals surface area contributed by atoms with Gasteiger partial charge < -0.3 is 13.6 Å². The van der Waals surface area contributed by atoms with Crippen molar-refractivity contribution in [2.75, 3.05) is 0 Å². The summed E-state index contributed by atoms with van der Waals surface area (Å²) in [5, 5.41) is 16.7. The van der Waals surface area contributed by atoms with Crippen LogP contribution in [0.5, 0.6) is 0 Å². The summed E-state index contributed by atoms with van der Waals surface area (Å²) in [6, 6.07) is 43.5. The molecule has 9 aromatic rings. The smallest absolute Gasteiger partial charge is 0.188 e. The summed E-state index contributed by atoms with van der Waals surface area (Å²) in [5.74, 6) is 0. The van der Waals surface area contributed by atoms with E-state index in [0.29, 0.717) is 11.3 Å². The van der Waals surface area contributed by atoms with Gasteiger partial charge in [0.1, 0.15) is 11.2 Å². The molecule has 0 aliphatic heterocycles. The summed E-state index contributed by atoms with van der Waals surface area (Å²) in [6.45, 7) is 7.47. The second-order valence-electron chi connectivity index (χ2n) is 10.8. The van der Waals surface area contributed by atoms with Crippen LogP contribution in [0.15, 0.2) is 126 Å². The lowest BCUT2D eigenvalue weighted by atomic mass is 10.1. The summed E-state index contributed by atoms with van der Waals surface area (Å²) < 4.78 is 11.0. The van der Waals surface area contributed by atoms with Crippen LogP contribution in [-0.2, 0) is 0 Å². The quantitative estimate of drug-likeness (QED) is 0.202. The molecule has 3 heterocycles. The number of hydrogen-bond donors (Lipinski definition) is 0. The van der Waals surface area contributed by atoms with E-state index in [2.05, 4.69) is 105 Å². The summed E-state index contributed by atoms with van der Waals surface area (Å²) in [4.78, 5) is 3.55. The van der Waals surface area contributed by atoms with Crippen LogP contribution < -0.4 is 0 Å². The van der Waals surface area contributed by atoms with Crippen molar-refractivity contribution in [3.8, 4) is 17.4 Å². The first-order valence-corrected chi connectivity index (χ1v) is 14.0. The van der Waals surface area contributed by atoms with Crippen molar-refractivity contribution < 1.29 is 4.42 Å². The van der Waals surface area contributed by atoms with E-state index in [1.165, 1.54) is 10.8 Å². The van der Waals surface area contributed by atoms with Gasteiger partial charge in [-0.3, -0.25) is 0 Å². The molecule has 0 saturated heterocycles. The molecule has 9 rings (SSSR count). The average molecular weight is 549 g/mol. The maximum absolute atomic E-state index is 10.1. The lowest BCUT2D eigenvalue weighted by molar-refractivity contribution is 0.673. The first-order valence-electron chi connectivity index (χ1n) is 14.0. The highest BCUT2D eigenvalue weighted by atomic mass is 16.3. The van der Waals surface area contributed by atoms with Crippen molar-refractivity contribution in [1.29, 1.82) is 5.26 Å². The van der Waals surface area contributed by atoms with Gasteiger partial charge in [-0.1, -0.05) is 60.7 Å². The van der Waals surface area contributed by atoms with Crippen LogP contribution in [0.2, 0.25) is 0 Å². The molecule has 0 radical (unpaired) electrons. The number of nitrogens with zero attached hydrogens (tertiary/aromatic N) is 4. The third kappa shape index (κ3) is 3.14. The monoisotopic (exact) mass is 548 g/mol. The maximum atomic E-state index is 10.1. The van der Waals surface area contributed by atoms with Crippen LogP contribution in [0.25, 0.3) is 81.8 Å². The lowest BCUT2D eigenvalue weighted by Gasteiger charge is -2.11. The first-order chi connectivity index (χ1) is 21.2. The average Bonchev–Trinajstić information content (AvgIpc) is 3.71. The molecule has 0 unspecified atom stereocenters. The SMILES string of the molecule is [C-]#[N+]c1ccc(-n2c3ccc(-n4c5ccccc5c5ccccc54)cc3c3c4oc5ccccc5c4ccc32)c(C#N)c1. The first kappa shape index (κ1) is 23.4. The fraction of sp³-hybridized carbons (Fsp3) is 0. The highest BCUT2D eigenvalue weighted by Gasteiger charge is 2.21. The molecule has 43 heavy (non-hydrogen) atoms. The summed E-state index contributed by atoms with van der Waals surface area (Å²) in [7, 11) is 0. The molecule has 0 bridgehead atoms. The Hall–Kier alpha value is -6.30. The van der Waals surface area contributed by atoms with Gasteiger partial charge in [0.05, 0.1) is 51.3 Å². The van der Waals surface area contributed by atoms with E-state index in [9.17, 15) is 5.26 Å². The zero-order valence-electron chi connectivity index (χ0n) is 22.7. The Morgan fingerprint density at radius 3 is 2.02 bits per heavy atom. The molecule has 0 spiro atoms. The van der Waals surface area contributed by atoms with Gasteiger partial charge in [0.15, 0.2) is 5.69 Å². The molecule has 0 fully saturated rings. The molecule has 0 aliphatic carbocycles. The fourth-order valence-electron chi connectivity index (χ4n) is 6.75. The van der Waals surface area contributed by atoms with E-state index < -0.39 is 0 Å². The molecule has 3 aromatic heterocycles. The Bertz CT molecular complexity index is 2650. The molecule has 5 heteroatoms. The number of rotatable bonds is 2. The van der Waals surface area contributed by atoms with Gasteiger partial charge in [0.25, 0.3) is 0 Å². The van der Waals surface area contributed by atoms with E-state index in [0.717, 1.165) is 66.2 Å². The van der Waals surface area contributed by atoms with Crippen molar-refractivity contribution in [3.63, 3.8) is 0 Å². The van der Waals surface area contributed by atoms with Gasteiger partial charge in [0.2, 0.25) is 0 Å². The van der Waals surface area contributed by atoms with Gasteiger partial charge in [-0.15, -0.1) is 0 Å². The van der Waals surface area contributed by atoms with Gasteiger partial charge >= 0.3 is 0 Å². The minimum atomic E-state index is 0.439. The summed E-state index contributed by atoms with van der Waals surface area (Å²) in [6.07, 6.45) is 0. The van der Waals surface area contributed by atoms with Crippen LogP contribution in [0.1, 0.15) is 5.56 Å². The van der Waals surface area contributed by atoms with Crippen LogP contribution in [0.4, 0.5) is 5.69 Å².